The Hall–Kier alpha value is -1.48. The van der Waals surface area contributed by atoms with Crippen molar-refractivity contribution in [2.75, 3.05) is 26.4 Å². The van der Waals surface area contributed by atoms with Gasteiger partial charge in [-0.2, -0.15) is 0 Å². The standard InChI is InChI=1S/C14H22O8/c1-9(2)11(15)19-5-13(17)7-22-14(18,8-21-13)6-20-12(16)10(3)4/h10,17-18H,1,5-8H2,2-4H3. The highest BCUT2D eigenvalue weighted by Crippen LogP contribution is 2.23. The maximum atomic E-state index is 11.4. The lowest BCUT2D eigenvalue weighted by atomic mass is 10.2. The Bertz CT molecular complexity index is 434. The lowest BCUT2D eigenvalue weighted by Crippen LogP contribution is -2.57. The van der Waals surface area contributed by atoms with Crippen LogP contribution in [0.25, 0.3) is 0 Å². The lowest BCUT2D eigenvalue weighted by molar-refractivity contribution is -0.377. The first-order valence-corrected chi connectivity index (χ1v) is 6.79. The second-order valence-corrected chi connectivity index (χ2v) is 5.59. The topological polar surface area (TPSA) is 112 Å². The molecular weight excluding hydrogens is 296 g/mol. The molecule has 0 aliphatic carbocycles. The second-order valence-electron chi connectivity index (χ2n) is 5.59. The summed E-state index contributed by atoms with van der Waals surface area (Å²) in [7, 11) is 0. The summed E-state index contributed by atoms with van der Waals surface area (Å²) in [5.41, 5.74) is 0.178. The molecule has 2 unspecified atom stereocenters. The minimum Gasteiger partial charge on any atom is -0.460 e. The fraction of sp³-hybridized carbons (Fsp3) is 0.714. The fourth-order valence-electron chi connectivity index (χ4n) is 1.40. The molecule has 126 valence electrons. The Balaban J connectivity index is 2.45. The molecule has 8 heteroatoms. The maximum Gasteiger partial charge on any atom is 0.333 e. The van der Waals surface area contributed by atoms with Gasteiger partial charge in [0.2, 0.25) is 11.6 Å². The maximum absolute atomic E-state index is 11.4. The van der Waals surface area contributed by atoms with Gasteiger partial charge in [-0.1, -0.05) is 20.4 Å². The van der Waals surface area contributed by atoms with Gasteiger partial charge in [0.05, 0.1) is 5.92 Å². The van der Waals surface area contributed by atoms with E-state index in [9.17, 15) is 19.8 Å². The molecular formula is C14H22O8. The summed E-state index contributed by atoms with van der Waals surface area (Å²) in [6.07, 6.45) is 0. The van der Waals surface area contributed by atoms with Crippen LogP contribution < -0.4 is 0 Å². The van der Waals surface area contributed by atoms with Crippen molar-refractivity contribution >= 4 is 11.9 Å². The van der Waals surface area contributed by atoms with Crippen molar-refractivity contribution in [1.82, 2.24) is 0 Å². The average molecular weight is 318 g/mol. The largest absolute Gasteiger partial charge is 0.460 e. The Morgan fingerprint density at radius 1 is 1.14 bits per heavy atom. The molecule has 0 radical (unpaired) electrons. The molecule has 2 atom stereocenters. The first-order chi connectivity index (χ1) is 10.1. The van der Waals surface area contributed by atoms with E-state index in [1.165, 1.54) is 6.92 Å². The van der Waals surface area contributed by atoms with E-state index in [1.807, 2.05) is 0 Å². The first-order valence-electron chi connectivity index (χ1n) is 6.79. The summed E-state index contributed by atoms with van der Waals surface area (Å²) in [5, 5.41) is 20.1. The second kappa shape index (κ2) is 7.19. The molecule has 1 fully saturated rings. The highest BCUT2D eigenvalue weighted by molar-refractivity contribution is 5.86. The van der Waals surface area contributed by atoms with Gasteiger partial charge in [0.25, 0.3) is 0 Å². The van der Waals surface area contributed by atoms with Crippen molar-refractivity contribution in [1.29, 1.82) is 0 Å². The molecule has 8 nitrogen and oxygen atoms in total. The molecule has 1 aliphatic rings. The summed E-state index contributed by atoms with van der Waals surface area (Å²) >= 11 is 0. The van der Waals surface area contributed by atoms with Crippen LogP contribution in [0.15, 0.2) is 12.2 Å². The molecule has 1 saturated heterocycles. The van der Waals surface area contributed by atoms with Crippen molar-refractivity contribution in [2.24, 2.45) is 5.92 Å². The normalized spacial score (nSPS) is 28.3. The van der Waals surface area contributed by atoms with E-state index in [1.54, 1.807) is 13.8 Å². The van der Waals surface area contributed by atoms with Crippen LogP contribution in [0.2, 0.25) is 0 Å². The molecule has 1 rings (SSSR count). The molecule has 1 heterocycles. The molecule has 0 aromatic rings. The van der Waals surface area contributed by atoms with Crippen molar-refractivity contribution < 1.29 is 38.7 Å². The summed E-state index contributed by atoms with van der Waals surface area (Å²) < 4.78 is 19.8. The Morgan fingerprint density at radius 3 is 1.95 bits per heavy atom. The van der Waals surface area contributed by atoms with Crippen LogP contribution in [0, 0.1) is 5.92 Å². The van der Waals surface area contributed by atoms with Crippen LogP contribution in [0.3, 0.4) is 0 Å². The van der Waals surface area contributed by atoms with Gasteiger partial charge < -0.3 is 29.2 Å². The van der Waals surface area contributed by atoms with Gasteiger partial charge in [-0.3, -0.25) is 4.79 Å². The molecule has 0 bridgehead atoms. The van der Waals surface area contributed by atoms with E-state index >= 15 is 0 Å². The molecule has 2 N–H and O–H groups in total. The van der Waals surface area contributed by atoms with Gasteiger partial charge in [0.1, 0.15) is 26.4 Å². The number of aliphatic hydroxyl groups is 2. The molecule has 0 amide bonds. The number of carbonyl (C=O) groups is 2. The lowest BCUT2D eigenvalue weighted by Gasteiger charge is -2.39. The third-order valence-corrected chi connectivity index (χ3v) is 2.82. The van der Waals surface area contributed by atoms with Crippen LogP contribution >= 0.6 is 0 Å². The summed E-state index contributed by atoms with van der Waals surface area (Å²) in [5.74, 6) is -5.24. The highest BCUT2D eigenvalue weighted by atomic mass is 16.7. The molecule has 0 spiro atoms. The van der Waals surface area contributed by atoms with Crippen LogP contribution in [0.1, 0.15) is 20.8 Å². The highest BCUT2D eigenvalue weighted by Gasteiger charge is 2.44. The van der Waals surface area contributed by atoms with Crippen LogP contribution in [-0.4, -0.2) is 60.2 Å². The number of hydrogen-bond acceptors (Lipinski definition) is 8. The predicted molar refractivity (Wildman–Crippen MR) is 73.4 cm³/mol. The number of hydrogen-bond donors (Lipinski definition) is 2. The fourth-order valence-corrected chi connectivity index (χ4v) is 1.40. The van der Waals surface area contributed by atoms with Crippen molar-refractivity contribution in [3.8, 4) is 0 Å². The quantitative estimate of drug-likeness (QED) is 0.508. The van der Waals surface area contributed by atoms with E-state index < -0.39 is 49.9 Å². The van der Waals surface area contributed by atoms with Gasteiger partial charge >= 0.3 is 11.9 Å². The van der Waals surface area contributed by atoms with Gasteiger partial charge in [0.15, 0.2) is 0 Å². The van der Waals surface area contributed by atoms with E-state index in [0.717, 1.165) is 0 Å². The molecule has 0 aromatic carbocycles. The summed E-state index contributed by atoms with van der Waals surface area (Å²) in [6, 6.07) is 0. The minimum absolute atomic E-state index is 0.178. The smallest absolute Gasteiger partial charge is 0.333 e. The number of esters is 2. The van der Waals surface area contributed by atoms with Crippen molar-refractivity contribution in [3.63, 3.8) is 0 Å². The van der Waals surface area contributed by atoms with Crippen LogP contribution in [0.5, 0.6) is 0 Å². The van der Waals surface area contributed by atoms with E-state index in [4.69, 9.17) is 18.9 Å². The number of rotatable bonds is 6. The van der Waals surface area contributed by atoms with E-state index in [-0.39, 0.29) is 11.5 Å². The Labute approximate surface area is 128 Å². The summed E-state index contributed by atoms with van der Waals surface area (Å²) in [6.45, 7) is 6.38. The molecule has 0 aromatic heterocycles. The van der Waals surface area contributed by atoms with Crippen molar-refractivity contribution in [2.45, 2.75) is 32.3 Å². The third kappa shape index (κ3) is 5.38. The van der Waals surface area contributed by atoms with Crippen molar-refractivity contribution in [3.05, 3.63) is 12.2 Å². The van der Waals surface area contributed by atoms with E-state index in [2.05, 4.69) is 6.58 Å². The average Bonchev–Trinajstić information content (AvgIpc) is 2.46. The Kier molecular flexibility index (Phi) is 6.07. The Morgan fingerprint density at radius 2 is 1.59 bits per heavy atom. The molecule has 1 aliphatic heterocycles. The zero-order chi connectivity index (χ0) is 17.0. The van der Waals surface area contributed by atoms with Gasteiger partial charge in [0, 0.05) is 5.57 Å². The van der Waals surface area contributed by atoms with Gasteiger partial charge in [-0.05, 0) is 6.92 Å². The molecule has 22 heavy (non-hydrogen) atoms. The van der Waals surface area contributed by atoms with Crippen LogP contribution in [-0.2, 0) is 28.5 Å². The van der Waals surface area contributed by atoms with Gasteiger partial charge in [-0.25, -0.2) is 4.79 Å². The zero-order valence-corrected chi connectivity index (χ0v) is 13.0. The SMILES string of the molecule is C=C(C)C(=O)OCC1(O)COC(O)(COC(=O)C(C)C)CO1. The minimum atomic E-state index is -1.88. The van der Waals surface area contributed by atoms with Gasteiger partial charge in [-0.15, -0.1) is 0 Å². The van der Waals surface area contributed by atoms with E-state index in [0.29, 0.717) is 0 Å². The predicted octanol–water partition coefficient (Wildman–Crippen LogP) is -0.271. The zero-order valence-electron chi connectivity index (χ0n) is 13.0. The monoisotopic (exact) mass is 318 g/mol. The number of carbonyl (C=O) groups excluding carboxylic acids is 2. The molecule has 0 saturated carbocycles. The summed E-state index contributed by atoms with van der Waals surface area (Å²) in [4.78, 5) is 22.6. The van der Waals surface area contributed by atoms with Crippen LogP contribution in [0.4, 0.5) is 0 Å². The first kappa shape index (κ1) is 18.6. The number of ether oxygens (including phenoxy) is 4. The third-order valence-electron chi connectivity index (χ3n) is 2.82.